The van der Waals surface area contributed by atoms with Crippen LogP contribution in [0.1, 0.15) is 30.5 Å². The molecule has 3 N–H and O–H groups in total. The van der Waals surface area contributed by atoms with E-state index in [2.05, 4.69) is 10.0 Å². The Morgan fingerprint density at radius 1 is 1.04 bits per heavy atom. The number of hydrogen-bond acceptors (Lipinski definition) is 4. The molecular weight excluding hydrogens is 356 g/mol. The highest BCUT2D eigenvalue weighted by Crippen LogP contribution is 2.22. The number of anilines is 1. The van der Waals surface area contributed by atoms with Crippen molar-refractivity contribution < 1.29 is 23.1 Å². The van der Waals surface area contributed by atoms with Gasteiger partial charge in [0.2, 0.25) is 15.9 Å². The highest BCUT2D eigenvalue weighted by molar-refractivity contribution is 7.89. The molecule has 8 heteroatoms. The van der Waals surface area contributed by atoms with Gasteiger partial charge in [-0.1, -0.05) is 29.8 Å². The lowest BCUT2D eigenvalue weighted by atomic mass is 10.0. The van der Waals surface area contributed by atoms with Crippen molar-refractivity contribution in [1.29, 1.82) is 0 Å². The minimum Gasteiger partial charge on any atom is -0.481 e. The number of carbonyl (C=O) groups excluding carboxylic acids is 1. The number of rotatable bonds is 7. The van der Waals surface area contributed by atoms with Gasteiger partial charge in [-0.2, -0.15) is 0 Å². The van der Waals surface area contributed by atoms with Crippen LogP contribution in [0, 0.1) is 6.92 Å². The second-order valence-electron chi connectivity index (χ2n) is 5.89. The van der Waals surface area contributed by atoms with Crippen molar-refractivity contribution in [1.82, 2.24) is 4.72 Å². The molecule has 7 nitrogen and oxygen atoms in total. The van der Waals surface area contributed by atoms with E-state index in [9.17, 15) is 18.0 Å². The zero-order valence-corrected chi connectivity index (χ0v) is 15.2. The lowest BCUT2D eigenvalue weighted by Gasteiger charge is -2.18. The average molecular weight is 376 g/mol. The summed E-state index contributed by atoms with van der Waals surface area (Å²) in [7, 11) is -3.93. The fourth-order valence-electron chi connectivity index (χ4n) is 2.38. The average Bonchev–Trinajstić information content (AvgIpc) is 2.54. The topological polar surface area (TPSA) is 113 Å². The SMILES string of the molecule is CC(=O)Nc1ccc(S(=O)(=O)N[C@H](CC(=O)O)c2ccc(C)cc2)cc1. The van der Waals surface area contributed by atoms with Crippen LogP contribution in [-0.2, 0) is 19.6 Å². The van der Waals surface area contributed by atoms with Gasteiger partial charge >= 0.3 is 5.97 Å². The molecule has 0 saturated carbocycles. The number of nitrogens with one attached hydrogen (secondary N) is 2. The molecule has 2 aromatic rings. The Kier molecular flexibility index (Phi) is 6.12. The van der Waals surface area contributed by atoms with Gasteiger partial charge in [0, 0.05) is 12.6 Å². The van der Waals surface area contributed by atoms with E-state index in [1.54, 1.807) is 24.3 Å². The molecule has 0 fully saturated rings. The molecule has 0 spiro atoms. The summed E-state index contributed by atoms with van der Waals surface area (Å²) < 4.78 is 27.7. The maximum atomic E-state index is 12.6. The van der Waals surface area contributed by atoms with E-state index in [1.807, 2.05) is 6.92 Å². The van der Waals surface area contributed by atoms with Crippen LogP contribution in [0.3, 0.4) is 0 Å². The molecular formula is C18H20N2O5S. The van der Waals surface area contributed by atoms with E-state index in [-0.39, 0.29) is 17.2 Å². The number of carboxylic acids is 1. The minimum atomic E-state index is -3.93. The number of carboxylic acid groups (broad SMARTS) is 1. The quantitative estimate of drug-likeness (QED) is 0.687. The molecule has 0 heterocycles. The summed E-state index contributed by atoms with van der Waals surface area (Å²) in [5.74, 6) is -1.38. The normalized spacial score (nSPS) is 12.4. The van der Waals surface area contributed by atoms with Gasteiger partial charge < -0.3 is 10.4 Å². The van der Waals surface area contributed by atoms with E-state index in [0.29, 0.717) is 11.3 Å². The van der Waals surface area contributed by atoms with Crippen LogP contribution in [0.2, 0.25) is 0 Å². The standard InChI is InChI=1S/C18H20N2O5S/c1-12-3-5-14(6-4-12)17(11-18(22)23)20-26(24,25)16-9-7-15(8-10-16)19-13(2)21/h3-10,17,20H,11H2,1-2H3,(H,19,21)(H,22,23)/t17-/m1/s1. The minimum absolute atomic E-state index is 0.0193. The molecule has 1 amide bonds. The molecule has 26 heavy (non-hydrogen) atoms. The summed E-state index contributed by atoms with van der Waals surface area (Å²) in [6.07, 6.45) is -0.383. The van der Waals surface area contributed by atoms with Crippen molar-refractivity contribution in [2.45, 2.75) is 31.2 Å². The Morgan fingerprint density at radius 2 is 1.62 bits per heavy atom. The van der Waals surface area contributed by atoms with Crippen LogP contribution >= 0.6 is 0 Å². The number of sulfonamides is 1. The third-order valence-electron chi connectivity index (χ3n) is 3.64. The summed E-state index contributed by atoms with van der Waals surface area (Å²) in [5.41, 5.74) is 2.02. The highest BCUT2D eigenvalue weighted by Gasteiger charge is 2.23. The van der Waals surface area contributed by atoms with Crippen LogP contribution in [-0.4, -0.2) is 25.4 Å². The van der Waals surface area contributed by atoms with Gasteiger partial charge in [-0.15, -0.1) is 0 Å². The number of benzene rings is 2. The van der Waals surface area contributed by atoms with E-state index >= 15 is 0 Å². The summed E-state index contributed by atoms with van der Waals surface area (Å²) in [6, 6.07) is 11.7. The molecule has 2 aromatic carbocycles. The number of carbonyl (C=O) groups is 2. The van der Waals surface area contributed by atoms with Gasteiger partial charge in [0.05, 0.1) is 17.4 Å². The Bertz CT molecular complexity index is 890. The largest absolute Gasteiger partial charge is 0.481 e. The fourth-order valence-corrected chi connectivity index (χ4v) is 3.60. The smallest absolute Gasteiger partial charge is 0.305 e. The number of amides is 1. The first-order valence-electron chi connectivity index (χ1n) is 7.86. The van der Waals surface area contributed by atoms with E-state index in [0.717, 1.165) is 5.56 Å². The second-order valence-corrected chi connectivity index (χ2v) is 7.60. The first kappa shape index (κ1) is 19.6. The molecule has 2 rings (SSSR count). The molecule has 0 unspecified atom stereocenters. The predicted molar refractivity (Wildman–Crippen MR) is 97.2 cm³/mol. The first-order valence-corrected chi connectivity index (χ1v) is 9.34. The highest BCUT2D eigenvalue weighted by atomic mass is 32.2. The Balaban J connectivity index is 2.26. The lowest BCUT2D eigenvalue weighted by Crippen LogP contribution is -2.30. The van der Waals surface area contributed by atoms with Crippen molar-refractivity contribution in [2.24, 2.45) is 0 Å². The van der Waals surface area contributed by atoms with Gasteiger partial charge in [0.15, 0.2) is 0 Å². The molecule has 0 saturated heterocycles. The Hall–Kier alpha value is -2.71. The third kappa shape index (κ3) is 5.40. The maximum Gasteiger partial charge on any atom is 0.305 e. The lowest BCUT2D eigenvalue weighted by molar-refractivity contribution is -0.137. The van der Waals surface area contributed by atoms with Gasteiger partial charge in [-0.3, -0.25) is 9.59 Å². The van der Waals surface area contributed by atoms with Crippen LogP contribution in [0.4, 0.5) is 5.69 Å². The molecule has 0 bridgehead atoms. The Labute approximate surface area is 152 Å². The number of hydrogen-bond donors (Lipinski definition) is 3. The first-order chi connectivity index (χ1) is 12.2. The van der Waals surface area contributed by atoms with Crippen molar-refractivity contribution in [3.8, 4) is 0 Å². The van der Waals surface area contributed by atoms with Gasteiger partial charge in [0.25, 0.3) is 0 Å². The molecule has 0 aliphatic carbocycles. The molecule has 138 valence electrons. The molecule has 0 aliphatic heterocycles. The summed E-state index contributed by atoms with van der Waals surface area (Å²) >= 11 is 0. The monoisotopic (exact) mass is 376 g/mol. The van der Waals surface area contributed by atoms with Crippen LogP contribution in [0.15, 0.2) is 53.4 Å². The van der Waals surface area contributed by atoms with Gasteiger partial charge in [-0.05, 0) is 36.8 Å². The predicted octanol–water partition coefficient (Wildman–Crippen LogP) is 2.45. The number of aryl methyl sites for hydroxylation is 1. The van der Waals surface area contributed by atoms with Crippen LogP contribution in [0.5, 0.6) is 0 Å². The van der Waals surface area contributed by atoms with Gasteiger partial charge in [-0.25, -0.2) is 13.1 Å². The van der Waals surface area contributed by atoms with Crippen LogP contribution in [0.25, 0.3) is 0 Å². The van der Waals surface area contributed by atoms with Gasteiger partial charge in [0.1, 0.15) is 0 Å². The van der Waals surface area contributed by atoms with E-state index in [1.165, 1.54) is 31.2 Å². The molecule has 0 aromatic heterocycles. The molecule has 0 radical (unpaired) electrons. The maximum absolute atomic E-state index is 12.6. The fraction of sp³-hybridized carbons (Fsp3) is 0.222. The van der Waals surface area contributed by atoms with Crippen LogP contribution < -0.4 is 10.0 Å². The van der Waals surface area contributed by atoms with E-state index < -0.39 is 22.0 Å². The third-order valence-corrected chi connectivity index (χ3v) is 5.13. The van der Waals surface area contributed by atoms with Crippen molar-refractivity contribution in [3.63, 3.8) is 0 Å². The molecule has 1 atom stereocenters. The summed E-state index contributed by atoms with van der Waals surface area (Å²) in [4.78, 5) is 22.2. The zero-order valence-electron chi connectivity index (χ0n) is 14.4. The van der Waals surface area contributed by atoms with Crippen molar-refractivity contribution >= 4 is 27.6 Å². The van der Waals surface area contributed by atoms with E-state index in [4.69, 9.17) is 5.11 Å². The van der Waals surface area contributed by atoms with Crippen molar-refractivity contribution in [3.05, 3.63) is 59.7 Å². The zero-order chi connectivity index (χ0) is 19.3. The summed E-state index contributed by atoms with van der Waals surface area (Å²) in [6.45, 7) is 3.24. The Morgan fingerprint density at radius 3 is 2.12 bits per heavy atom. The summed E-state index contributed by atoms with van der Waals surface area (Å²) in [5, 5.41) is 11.7. The molecule has 0 aliphatic rings. The number of aliphatic carboxylic acids is 1. The van der Waals surface area contributed by atoms with Crippen molar-refractivity contribution in [2.75, 3.05) is 5.32 Å². The second kappa shape index (κ2) is 8.11.